The second-order valence-corrected chi connectivity index (χ2v) is 16.9. The Kier molecular flexibility index (Phi) is 9.86. The van der Waals surface area contributed by atoms with Crippen molar-refractivity contribution in [2.75, 3.05) is 18.8 Å². The topological polar surface area (TPSA) is 95.9 Å². The fourth-order valence-electron chi connectivity index (χ4n) is 9.19. The van der Waals surface area contributed by atoms with Gasteiger partial charge in [0.1, 0.15) is 11.9 Å². The van der Waals surface area contributed by atoms with Crippen molar-refractivity contribution in [1.82, 2.24) is 5.32 Å². The molecule has 4 saturated carbocycles. The van der Waals surface area contributed by atoms with Gasteiger partial charge in [0.15, 0.2) is 0 Å². The van der Waals surface area contributed by atoms with E-state index in [0.717, 1.165) is 51.6 Å². The number of Topliss-reactive ketones (excluding diaryl/α,β-unsaturated/α-hetero) is 1. The predicted octanol–water partition coefficient (Wildman–Crippen LogP) is 5.79. The van der Waals surface area contributed by atoms with Gasteiger partial charge in [-0.25, -0.2) is 0 Å². The van der Waals surface area contributed by atoms with Crippen LogP contribution in [-0.4, -0.2) is 64.4 Å². The van der Waals surface area contributed by atoms with Crippen LogP contribution in [0.2, 0.25) is 0 Å². The fourth-order valence-corrected chi connectivity index (χ4v) is 10.5. The number of rotatable bonds is 9. The minimum atomic E-state index is -0.664. The molecular weight excluding hydrogens is 534 g/mol. The first kappa shape index (κ1) is 33.0. The number of hydrogen-bond donors (Lipinski definition) is 3. The molecule has 11 atom stereocenters. The lowest BCUT2D eigenvalue weighted by Gasteiger charge is -2.61. The molecule has 0 spiro atoms. The Balaban J connectivity index is 1.50. The number of carbonyl (C=O) groups is 2. The Morgan fingerprint density at radius 3 is 2.54 bits per heavy atom. The van der Waals surface area contributed by atoms with Crippen LogP contribution in [0.4, 0.5) is 0 Å². The van der Waals surface area contributed by atoms with E-state index in [1.54, 1.807) is 0 Å². The molecule has 0 heterocycles. The molecule has 0 aromatic heterocycles. The maximum Gasteiger partial charge on any atom is 0.316 e. The minimum Gasteiger partial charge on any atom is -0.461 e. The molecule has 3 unspecified atom stereocenters. The SMILES string of the molecule is C=C[C@]1(C)C[C@@H](OC(=O)CS[C@@H]2[C@@H](CCNCC(C)(C)C)CC[C@H]2O)[C@]2(C)C(C)CCC3(CCC(=O)[C@H]32)[C@@H](C)C1O. The van der Waals surface area contributed by atoms with E-state index in [1.165, 1.54) is 11.8 Å². The number of ether oxygens (including phenoxy) is 1. The molecule has 0 radical (unpaired) electrons. The molecule has 234 valence electrons. The van der Waals surface area contributed by atoms with Crippen molar-refractivity contribution in [3.05, 3.63) is 12.7 Å². The van der Waals surface area contributed by atoms with Gasteiger partial charge in [0.2, 0.25) is 0 Å². The molecule has 4 fully saturated rings. The third-order valence-corrected chi connectivity index (χ3v) is 13.5. The number of aliphatic hydroxyl groups excluding tert-OH is 2. The maximum atomic E-state index is 13.6. The standard InChI is InChI=1S/C34H57NO5S/c1-9-32(7)18-26(33(8)21(2)12-15-34(22(3)30(32)39)16-13-25(37)29(33)34)40-27(38)19-41-28-23(10-11-24(28)36)14-17-35-20-31(4,5)6/h9,21-24,26,28-30,35-36,39H,1,10-20H2,2-8H3/t21?,22-,23+,24+,26+,28+,29-,30?,32+,33-,34?/m0/s1. The number of aliphatic hydroxyl groups is 2. The summed E-state index contributed by atoms with van der Waals surface area (Å²) in [5.41, 5.74) is -1.18. The predicted molar refractivity (Wildman–Crippen MR) is 167 cm³/mol. The molecule has 7 heteroatoms. The fraction of sp³-hybridized carbons (Fsp3) is 0.882. The largest absolute Gasteiger partial charge is 0.461 e. The average molecular weight is 592 g/mol. The van der Waals surface area contributed by atoms with Crippen molar-refractivity contribution in [2.45, 2.75) is 123 Å². The van der Waals surface area contributed by atoms with Crippen molar-refractivity contribution >= 4 is 23.5 Å². The zero-order chi connectivity index (χ0) is 30.4. The van der Waals surface area contributed by atoms with E-state index < -0.39 is 29.1 Å². The summed E-state index contributed by atoms with van der Waals surface area (Å²) >= 11 is 1.53. The van der Waals surface area contributed by atoms with Crippen LogP contribution in [0, 0.1) is 45.3 Å². The highest BCUT2D eigenvalue weighted by Crippen LogP contribution is 2.68. The molecule has 2 bridgehead atoms. The van der Waals surface area contributed by atoms with Crippen molar-refractivity contribution < 1.29 is 24.5 Å². The van der Waals surface area contributed by atoms with Crippen LogP contribution in [0.25, 0.3) is 0 Å². The zero-order valence-electron chi connectivity index (χ0n) is 26.7. The maximum absolute atomic E-state index is 13.6. The molecule has 4 aliphatic rings. The van der Waals surface area contributed by atoms with E-state index in [2.05, 4.69) is 53.4 Å². The number of thioether (sulfide) groups is 1. The van der Waals surface area contributed by atoms with Gasteiger partial charge in [-0.2, -0.15) is 0 Å². The Bertz CT molecular complexity index is 981. The van der Waals surface area contributed by atoms with Gasteiger partial charge in [-0.05, 0) is 86.6 Å². The molecule has 4 rings (SSSR count). The van der Waals surface area contributed by atoms with Gasteiger partial charge in [0.05, 0.1) is 18.0 Å². The van der Waals surface area contributed by atoms with Crippen LogP contribution in [0.1, 0.15) is 99.8 Å². The summed E-state index contributed by atoms with van der Waals surface area (Å²) in [6.45, 7) is 21.2. The number of esters is 1. The lowest BCUT2D eigenvalue weighted by molar-refractivity contribution is -0.205. The Morgan fingerprint density at radius 2 is 1.88 bits per heavy atom. The molecule has 0 amide bonds. The van der Waals surface area contributed by atoms with Gasteiger partial charge in [0, 0.05) is 28.4 Å². The third kappa shape index (κ3) is 6.21. The highest BCUT2D eigenvalue weighted by molar-refractivity contribution is 8.00. The first-order valence-corrected chi connectivity index (χ1v) is 17.2. The normalized spacial score (nSPS) is 44.7. The zero-order valence-corrected chi connectivity index (χ0v) is 27.5. The third-order valence-electron chi connectivity index (χ3n) is 12.0. The van der Waals surface area contributed by atoms with E-state index in [0.29, 0.717) is 18.8 Å². The second-order valence-electron chi connectivity index (χ2n) is 15.8. The summed E-state index contributed by atoms with van der Waals surface area (Å²) in [6, 6.07) is 0. The summed E-state index contributed by atoms with van der Waals surface area (Å²) < 4.78 is 6.42. The van der Waals surface area contributed by atoms with Crippen molar-refractivity contribution in [1.29, 1.82) is 0 Å². The van der Waals surface area contributed by atoms with Gasteiger partial charge >= 0.3 is 5.97 Å². The van der Waals surface area contributed by atoms with E-state index in [9.17, 15) is 19.8 Å². The highest BCUT2D eigenvalue weighted by Gasteiger charge is 2.68. The van der Waals surface area contributed by atoms with Gasteiger partial charge < -0.3 is 20.3 Å². The average Bonchev–Trinajstić information content (AvgIpc) is 3.45. The Hall–Kier alpha value is -0.890. The lowest BCUT2D eigenvalue weighted by Crippen LogP contribution is -2.63. The van der Waals surface area contributed by atoms with Crippen molar-refractivity contribution in [2.24, 2.45) is 45.3 Å². The number of hydrogen-bond acceptors (Lipinski definition) is 7. The van der Waals surface area contributed by atoms with Crippen molar-refractivity contribution in [3.8, 4) is 0 Å². The summed E-state index contributed by atoms with van der Waals surface area (Å²) in [5, 5.41) is 26.0. The molecule has 0 aromatic carbocycles. The van der Waals surface area contributed by atoms with Gasteiger partial charge in [-0.15, -0.1) is 18.3 Å². The van der Waals surface area contributed by atoms with Gasteiger partial charge in [-0.3, -0.25) is 9.59 Å². The van der Waals surface area contributed by atoms with Crippen molar-refractivity contribution in [3.63, 3.8) is 0 Å². The Morgan fingerprint density at radius 1 is 1.17 bits per heavy atom. The molecular formula is C34H57NO5S. The monoisotopic (exact) mass is 591 g/mol. The number of nitrogens with one attached hydrogen (secondary N) is 1. The van der Waals surface area contributed by atoms with Crippen LogP contribution >= 0.6 is 11.8 Å². The first-order valence-electron chi connectivity index (χ1n) is 16.1. The molecule has 6 nitrogen and oxygen atoms in total. The van der Waals surface area contributed by atoms with Crippen LogP contribution in [-0.2, 0) is 14.3 Å². The number of ketones is 1. The van der Waals surface area contributed by atoms with E-state index in [4.69, 9.17) is 4.74 Å². The van der Waals surface area contributed by atoms with Gasteiger partial charge in [0.25, 0.3) is 0 Å². The summed E-state index contributed by atoms with van der Waals surface area (Å²) in [4.78, 5) is 27.2. The quantitative estimate of drug-likeness (QED) is 0.177. The lowest BCUT2D eigenvalue weighted by atomic mass is 9.44. The van der Waals surface area contributed by atoms with E-state index >= 15 is 0 Å². The number of carbonyl (C=O) groups excluding carboxylic acids is 2. The minimum absolute atomic E-state index is 0.0192. The summed E-state index contributed by atoms with van der Waals surface area (Å²) in [7, 11) is 0. The van der Waals surface area contributed by atoms with Gasteiger partial charge in [-0.1, -0.05) is 54.5 Å². The first-order chi connectivity index (χ1) is 19.1. The highest BCUT2D eigenvalue weighted by atomic mass is 32.2. The molecule has 3 N–H and O–H groups in total. The van der Waals surface area contributed by atoms with Crippen LogP contribution < -0.4 is 5.32 Å². The van der Waals surface area contributed by atoms with E-state index in [-0.39, 0.29) is 51.3 Å². The summed E-state index contributed by atoms with van der Waals surface area (Å²) in [6.07, 6.45) is 6.68. The van der Waals surface area contributed by atoms with E-state index in [1.807, 2.05) is 13.0 Å². The van der Waals surface area contributed by atoms with Crippen LogP contribution in [0.15, 0.2) is 12.7 Å². The Labute approximate surface area is 253 Å². The summed E-state index contributed by atoms with van der Waals surface area (Å²) in [5.74, 6) is 0.490. The smallest absolute Gasteiger partial charge is 0.316 e. The molecule has 41 heavy (non-hydrogen) atoms. The molecule has 0 saturated heterocycles. The second kappa shape index (κ2) is 12.2. The molecule has 0 aliphatic heterocycles. The molecule has 0 aromatic rings. The van der Waals surface area contributed by atoms with Crippen LogP contribution in [0.3, 0.4) is 0 Å². The van der Waals surface area contributed by atoms with Crippen LogP contribution in [0.5, 0.6) is 0 Å². The molecule has 4 aliphatic carbocycles.